The monoisotopic (exact) mass is 220 g/mol. The Morgan fingerprint density at radius 2 is 1.60 bits per heavy atom. The van der Waals surface area contributed by atoms with Gasteiger partial charge in [-0.05, 0) is 45.0 Å². The summed E-state index contributed by atoms with van der Waals surface area (Å²) in [6, 6.07) is 8.82. The lowest BCUT2D eigenvalue weighted by atomic mass is 10.1. The lowest BCUT2D eigenvalue weighted by molar-refractivity contribution is 0.172. The average molecular weight is 220 g/mol. The molecular formula is C13H20OSi. The van der Waals surface area contributed by atoms with Crippen molar-refractivity contribution in [3.05, 3.63) is 35.4 Å². The molecule has 15 heavy (non-hydrogen) atoms. The van der Waals surface area contributed by atoms with Crippen molar-refractivity contribution in [1.29, 1.82) is 0 Å². The zero-order valence-corrected chi connectivity index (χ0v) is 11.1. The minimum atomic E-state index is -1.43. The predicted molar refractivity (Wildman–Crippen MR) is 66.5 cm³/mol. The van der Waals surface area contributed by atoms with E-state index in [1.807, 2.05) is 0 Å². The molecule has 1 saturated carbocycles. The van der Waals surface area contributed by atoms with E-state index in [1.54, 1.807) is 0 Å². The number of hydrogen-bond donors (Lipinski definition) is 0. The largest absolute Gasteiger partial charge is 0.408 e. The van der Waals surface area contributed by atoms with Gasteiger partial charge in [-0.15, -0.1) is 0 Å². The minimum Gasteiger partial charge on any atom is -0.408 e. The van der Waals surface area contributed by atoms with Crippen LogP contribution in [0, 0.1) is 6.92 Å². The molecule has 2 heteroatoms. The van der Waals surface area contributed by atoms with Gasteiger partial charge < -0.3 is 4.43 Å². The smallest absolute Gasteiger partial charge is 0.184 e. The molecule has 0 bridgehead atoms. The van der Waals surface area contributed by atoms with Gasteiger partial charge in [0.15, 0.2) is 8.32 Å². The fraction of sp³-hybridized carbons (Fsp3) is 0.538. The molecule has 0 amide bonds. The Hall–Kier alpha value is -0.603. The first-order valence-corrected chi connectivity index (χ1v) is 9.09. The van der Waals surface area contributed by atoms with Crippen LogP contribution >= 0.6 is 0 Å². The van der Waals surface area contributed by atoms with Crippen molar-refractivity contribution < 1.29 is 4.43 Å². The first-order valence-electron chi connectivity index (χ1n) is 5.69. The van der Waals surface area contributed by atoms with E-state index in [9.17, 15) is 0 Å². The highest BCUT2D eigenvalue weighted by atomic mass is 28.4. The molecule has 0 spiro atoms. The molecule has 0 saturated heterocycles. The third-order valence-electron chi connectivity index (χ3n) is 2.78. The second kappa shape index (κ2) is 3.46. The van der Waals surface area contributed by atoms with Crippen LogP contribution in [0.1, 0.15) is 24.0 Å². The van der Waals surface area contributed by atoms with Gasteiger partial charge in [-0.1, -0.05) is 29.8 Å². The Balaban J connectivity index is 2.20. The van der Waals surface area contributed by atoms with Crippen molar-refractivity contribution >= 4 is 8.32 Å². The standard InChI is InChI=1S/C13H20OSi/c1-11-5-7-12(8-6-11)13(9-10-13)14-15(2,3)4/h5-8H,9-10H2,1-4H3. The number of benzene rings is 1. The molecule has 0 aromatic heterocycles. The molecular weight excluding hydrogens is 200 g/mol. The molecule has 2 rings (SSSR count). The van der Waals surface area contributed by atoms with Gasteiger partial charge in [0.05, 0.1) is 5.60 Å². The van der Waals surface area contributed by atoms with Gasteiger partial charge in [0.2, 0.25) is 0 Å². The second-order valence-electron chi connectivity index (χ2n) is 5.57. The lowest BCUT2D eigenvalue weighted by Crippen LogP contribution is -2.31. The molecule has 0 radical (unpaired) electrons. The van der Waals surface area contributed by atoms with Gasteiger partial charge in [-0.3, -0.25) is 0 Å². The average Bonchev–Trinajstić information content (AvgIpc) is 2.83. The molecule has 1 nitrogen and oxygen atoms in total. The van der Waals surface area contributed by atoms with Gasteiger partial charge in [0.1, 0.15) is 0 Å². The zero-order chi connectivity index (χ0) is 11.1. The summed E-state index contributed by atoms with van der Waals surface area (Å²) in [5.74, 6) is 0. The normalized spacial score (nSPS) is 18.9. The Morgan fingerprint density at radius 3 is 2.00 bits per heavy atom. The van der Waals surface area contributed by atoms with Crippen LogP contribution in [0.4, 0.5) is 0 Å². The van der Waals surface area contributed by atoms with Gasteiger partial charge in [-0.2, -0.15) is 0 Å². The van der Waals surface area contributed by atoms with Crippen molar-refractivity contribution in [1.82, 2.24) is 0 Å². The fourth-order valence-electron chi connectivity index (χ4n) is 2.01. The Kier molecular flexibility index (Phi) is 2.51. The quantitative estimate of drug-likeness (QED) is 0.703. The molecule has 1 aliphatic carbocycles. The lowest BCUT2D eigenvalue weighted by Gasteiger charge is -2.26. The Bertz CT molecular complexity index is 344. The molecule has 0 N–H and O–H groups in total. The van der Waals surface area contributed by atoms with E-state index < -0.39 is 8.32 Å². The van der Waals surface area contributed by atoms with Crippen LogP contribution in [0.2, 0.25) is 19.6 Å². The van der Waals surface area contributed by atoms with Gasteiger partial charge in [-0.25, -0.2) is 0 Å². The maximum Gasteiger partial charge on any atom is 0.184 e. The summed E-state index contributed by atoms with van der Waals surface area (Å²) < 4.78 is 6.30. The molecule has 0 atom stereocenters. The van der Waals surface area contributed by atoms with E-state index in [-0.39, 0.29) is 5.60 Å². The van der Waals surface area contributed by atoms with Crippen LogP contribution in [0.5, 0.6) is 0 Å². The summed E-state index contributed by atoms with van der Waals surface area (Å²) in [5.41, 5.74) is 2.77. The van der Waals surface area contributed by atoms with Crippen molar-refractivity contribution in [3.63, 3.8) is 0 Å². The summed E-state index contributed by atoms with van der Waals surface area (Å²) in [7, 11) is -1.43. The first-order chi connectivity index (χ1) is 6.91. The molecule has 0 aliphatic heterocycles. The van der Waals surface area contributed by atoms with Gasteiger partial charge in [0.25, 0.3) is 0 Å². The minimum absolute atomic E-state index is 0.0815. The zero-order valence-electron chi connectivity index (χ0n) is 10.1. The van der Waals surface area contributed by atoms with Gasteiger partial charge >= 0.3 is 0 Å². The van der Waals surface area contributed by atoms with Gasteiger partial charge in [0, 0.05) is 0 Å². The number of aryl methyl sites for hydroxylation is 1. The van der Waals surface area contributed by atoms with E-state index in [1.165, 1.54) is 24.0 Å². The highest BCUT2D eigenvalue weighted by molar-refractivity contribution is 6.69. The van der Waals surface area contributed by atoms with Crippen LogP contribution in [-0.4, -0.2) is 8.32 Å². The highest BCUT2D eigenvalue weighted by Gasteiger charge is 2.48. The topological polar surface area (TPSA) is 9.23 Å². The van der Waals surface area contributed by atoms with Crippen LogP contribution in [0.3, 0.4) is 0 Å². The van der Waals surface area contributed by atoms with Crippen LogP contribution in [0.25, 0.3) is 0 Å². The number of hydrogen-bond acceptors (Lipinski definition) is 1. The molecule has 1 aliphatic rings. The Labute approximate surface area is 93.6 Å². The van der Waals surface area contributed by atoms with Crippen LogP contribution in [0.15, 0.2) is 24.3 Å². The van der Waals surface area contributed by atoms with Crippen molar-refractivity contribution in [3.8, 4) is 0 Å². The summed E-state index contributed by atoms with van der Waals surface area (Å²) in [6.07, 6.45) is 2.39. The molecule has 0 heterocycles. The van der Waals surface area contributed by atoms with Crippen molar-refractivity contribution in [2.24, 2.45) is 0 Å². The van der Waals surface area contributed by atoms with E-state index in [0.717, 1.165) is 0 Å². The van der Waals surface area contributed by atoms with Crippen LogP contribution < -0.4 is 0 Å². The van der Waals surface area contributed by atoms with E-state index >= 15 is 0 Å². The Morgan fingerprint density at radius 1 is 1.07 bits per heavy atom. The second-order valence-corrected chi connectivity index (χ2v) is 10.0. The van der Waals surface area contributed by atoms with Crippen LogP contribution in [-0.2, 0) is 10.0 Å². The highest BCUT2D eigenvalue weighted by Crippen LogP contribution is 2.50. The fourth-order valence-corrected chi connectivity index (χ4v) is 3.50. The number of rotatable bonds is 3. The molecule has 1 aromatic carbocycles. The molecule has 0 unspecified atom stereocenters. The maximum absolute atomic E-state index is 6.30. The molecule has 82 valence electrons. The molecule has 1 fully saturated rings. The summed E-state index contributed by atoms with van der Waals surface area (Å²) in [5, 5.41) is 0. The third kappa shape index (κ3) is 2.50. The van der Waals surface area contributed by atoms with Crippen molar-refractivity contribution in [2.45, 2.75) is 45.0 Å². The van der Waals surface area contributed by atoms with Crippen molar-refractivity contribution in [2.75, 3.05) is 0 Å². The summed E-state index contributed by atoms with van der Waals surface area (Å²) >= 11 is 0. The van der Waals surface area contributed by atoms with E-state index in [2.05, 4.69) is 50.8 Å². The van der Waals surface area contributed by atoms with E-state index in [4.69, 9.17) is 4.43 Å². The predicted octanol–water partition coefficient (Wildman–Crippen LogP) is 3.84. The third-order valence-corrected chi connectivity index (χ3v) is 3.79. The summed E-state index contributed by atoms with van der Waals surface area (Å²) in [4.78, 5) is 0. The maximum atomic E-state index is 6.30. The first kappa shape index (κ1) is 10.9. The SMILES string of the molecule is Cc1ccc(C2(O[Si](C)(C)C)CC2)cc1. The molecule has 1 aromatic rings. The summed E-state index contributed by atoms with van der Waals surface area (Å²) in [6.45, 7) is 8.92. The van der Waals surface area contributed by atoms with E-state index in [0.29, 0.717) is 0 Å².